The van der Waals surface area contributed by atoms with Gasteiger partial charge in [-0.1, -0.05) is 0 Å². The fourth-order valence-corrected chi connectivity index (χ4v) is 5.21. The summed E-state index contributed by atoms with van der Waals surface area (Å²) in [6, 6.07) is 4.26. The maximum Gasteiger partial charge on any atom is 0.231 e. The highest BCUT2D eigenvalue weighted by atomic mass is 16.7. The molecular formula is C18H21NO4. The number of rotatable bonds is 1. The lowest BCUT2D eigenvalue weighted by atomic mass is 9.66. The zero-order valence-electron chi connectivity index (χ0n) is 13.3. The van der Waals surface area contributed by atoms with E-state index in [1.54, 1.807) is 7.11 Å². The highest BCUT2D eigenvalue weighted by Crippen LogP contribution is 2.56. The van der Waals surface area contributed by atoms with Gasteiger partial charge in [0.1, 0.15) is 0 Å². The minimum Gasteiger partial charge on any atom is -0.454 e. The highest BCUT2D eigenvalue weighted by Gasteiger charge is 2.58. The van der Waals surface area contributed by atoms with Crippen molar-refractivity contribution in [2.24, 2.45) is 5.92 Å². The van der Waals surface area contributed by atoms with Crippen molar-refractivity contribution in [1.29, 1.82) is 0 Å². The molecule has 1 spiro atoms. The van der Waals surface area contributed by atoms with Crippen LogP contribution in [-0.4, -0.2) is 37.4 Å². The first-order valence-electron chi connectivity index (χ1n) is 8.48. The van der Waals surface area contributed by atoms with Gasteiger partial charge in [-0.05, 0) is 48.4 Å². The molecule has 4 aliphatic rings. The van der Waals surface area contributed by atoms with Gasteiger partial charge >= 0.3 is 0 Å². The molecule has 3 heterocycles. The van der Waals surface area contributed by atoms with Gasteiger partial charge in [-0.2, -0.15) is 0 Å². The first-order valence-corrected chi connectivity index (χ1v) is 8.48. The maximum absolute atomic E-state index is 12.6. The van der Waals surface area contributed by atoms with E-state index in [1.165, 1.54) is 11.1 Å². The normalized spacial score (nSPS) is 34.1. The smallest absolute Gasteiger partial charge is 0.231 e. The molecule has 5 rings (SSSR count). The molecule has 1 saturated heterocycles. The first-order chi connectivity index (χ1) is 11.2. The van der Waals surface area contributed by atoms with Crippen LogP contribution in [0.15, 0.2) is 12.1 Å². The predicted molar refractivity (Wildman–Crippen MR) is 82.4 cm³/mol. The van der Waals surface area contributed by atoms with E-state index < -0.39 is 0 Å². The van der Waals surface area contributed by atoms with Crippen molar-refractivity contribution in [3.63, 3.8) is 0 Å². The van der Waals surface area contributed by atoms with Crippen molar-refractivity contribution in [1.82, 2.24) is 4.90 Å². The van der Waals surface area contributed by atoms with Gasteiger partial charge in [0.15, 0.2) is 11.5 Å². The molecule has 1 saturated carbocycles. The number of carbonyl (C=O) groups is 1. The van der Waals surface area contributed by atoms with Crippen molar-refractivity contribution >= 4 is 5.91 Å². The molecule has 3 aliphatic heterocycles. The van der Waals surface area contributed by atoms with Crippen LogP contribution < -0.4 is 9.47 Å². The number of carbonyl (C=O) groups excluding carboxylic acids is 1. The van der Waals surface area contributed by atoms with Gasteiger partial charge in [0, 0.05) is 26.5 Å². The van der Waals surface area contributed by atoms with E-state index in [0.29, 0.717) is 18.2 Å². The first kappa shape index (κ1) is 13.7. The average Bonchev–Trinajstić information content (AvgIpc) is 3.13. The monoisotopic (exact) mass is 315 g/mol. The van der Waals surface area contributed by atoms with Gasteiger partial charge in [0.05, 0.1) is 11.6 Å². The summed E-state index contributed by atoms with van der Waals surface area (Å²) in [5.41, 5.74) is 2.37. The van der Waals surface area contributed by atoms with Crippen LogP contribution >= 0.6 is 0 Å². The molecule has 2 fully saturated rings. The van der Waals surface area contributed by atoms with E-state index in [0.717, 1.165) is 43.7 Å². The SMILES string of the molecule is CO[C@H]1CC[C@H]2CC(=O)N3CCc4cc5c(cc4[C@]23C1)OCO5. The summed E-state index contributed by atoms with van der Waals surface area (Å²) >= 11 is 0. The molecule has 1 aromatic rings. The van der Waals surface area contributed by atoms with Crippen LogP contribution in [0.3, 0.4) is 0 Å². The lowest BCUT2D eigenvalue weighted by Crippen LogP contribution is -2.54. The van der Waals surface area contributed by atoms with Crippen molar-refractivity contribution in [2.75, 3.05) is 20.4 Å². The molecule has 0 aromatic heterocycles. The topological polar surface area (TPSA) is 48.0 Å². The van der Waals surface area contributed by atoms with Gasteiger partial charge < -0.3 is 19.1 Å². The average molecular weight is 315 g/mol. The Morgan fingerprint density at radius 3 is 2.91 bits per heavy atom. The fourth-order valence-electron chi connectivity index (χ4n) is 5.21. The Bertz CT molecular complexity index is 688. The largest absolute Gasteiger partial charge is 0.454 e. The molecule has 1 aliphatic carbocycles. The van der Waals surface area contributed by atoms with Gasteiger partial charge in [0.25, 0.3) is 0 Å². The second kappa shape index (κ2) is 4.63. The van der Waals surface area contributed by atoms with Crippen LogP contribution in [0.4, 0.5) is 0 Å². The van der Waals surface area contributed by atoms with Crippen molar-refractivity contribution in [2.45, 2.75) is 43.7 Å². The third kappa shape index (κ3) is 1.69. The molecule has 3 atom stereocenters. The lowest BCUT2D eigenvalue weighted by Gasteiger charge is -2.51. The molecule has 0 unspecified atom stereocenters. The molecule has 23 heavy (non-hydrogen) atoms. The maximum atomic E-state index is 12.6. The summed E-state index contributed by atoms with van der Waals surface area (Å²) < 4.78 is 16.9. The van der Waals surface area contributed by atoms with Gasteiger partial charge in [-0.15, -0.1) is 0 Å². The standard InChI is InChI=1S/C18H21NO4/c1-21-13-3-2-12-7-17(20)19-5-4-11-6-15-16(23-10-22-15)8-14(11)18(12,19)9-13/h6,8,12-13H,2-5,7,9-10H2,1H3/t12-,13-,18-/m0/s1. The number of amides is 1. The molecular weight excluding hydrogens is 294 g/mol. The zero-order chi connectivity index (χ0) is 15.6. The summed E-state index contributed by atoms with van der Waals surface area (Å²) in [5.74, 6) is 2.35. The zero-order valence-corrected chi connectivity index (χ0v) is 13.3. The Labute approximate surface area is 135 Å². The second-order valence-corrected chi connectivity index (χ2v) is 7.12. The van der Waals surface area contributed by atoms with Crippen molar-refractivity contribution in [3.8, 4) is 11.5 Å². The number of fused-ring (bicyclic) bond motifs is 2. The molecule has 1 aromatic carbocycles. The number of methoxy groups -OCH3 is 1. The Morgan fingerprint density at radius 1 is 1.26 bits per heavy atom. The molecule has 5 nitrogen and oxygen atoms in total. The minimum atomic E-state index is -0.204. The Kier molecular flexibility index (Phi) is 2.75. The van der Waals surface area contributed by atoms with Crippen LogP contribution in [0.2, 0.25) is 0 Å². The number of hydrogen-bond donors (Lipinski definition) is 0. The van der Waals surface area contributed by atoms with Gasteiger partial charge in [-0.3, -0.25) is 4.79 Å². The van der Waals surface area contributed by atoms with Gasteiger partial charge in [-0.25, -0.2) is 0 Å². The summed E-state index contributed by atoms with van der Waals surface area (Å²) in [5, 5.41) is 0. The fraction of sp³-hybridized carbons (Fsp3) is 0.611. The van der Waals surface area contributed by atoms with E-state index in [9.17, 15) is 4.79 Å². The van der Waals surface area contributed by atoms with Gasteiger partial charge in [0.2, 0.25) is 12.7 Å². The van der Waals surface area contributed by atoms with Crippen LogP contribution in [0, 0.1) is 5.92 Å². The summed E-state index contributed by atoms with van der Waals surface area (Å²) in [6.07, 6.45) is 4.77. The van der Waals surface area contributed by atoms with Crippen LogP contribution in [0.1, 0.15) is 36.8 Å². The Morgan fingerprint density at radius 2 is 2.09 bits per heavy atom. The second-order valence-electron chi connectivity index (χ2n) is 7.12. The molecule has 0 radical (unpaired) electrons. The number of benzene rings is 1. The predicted octanol–water partition coefficient (Wildman–Crippen LogP) is 2.21. The number of hydrogen-bond acceptors (Lipinski definition) is 4. The Balaban J connectivity index is 1.70. The van der Waals surface area contributed by atoms with Crippen LogP contribution in [0.5, 0.6) is 11.5 Å². The highest BCUT2D eigenvalue weighted by molar-refractivity contribution is 5.82. The Hall–Kier alpha value is -1.75. The minimum absolute atomic E-state index is 0.204. The molecule has 0 bridgehead atoms. The van der Waals surface area contributed by atoms with E-state index in [2.05, 4.69) is 17.0 Å². The van der Waals surface area contributed by atoms with Crippen LogP contribution in [-0.2, 0) is 21.5 Å². The van der Waals surface area contributed by atoms with E-state index in [4.69, 9.17) is 14.2 Å². The lowest BCUT2D eigenvalue weighted by molar-refractivity contribution is -0.134. The summed E-state index contributed by atoms with van der Waals surface area (Å²) in [6.45, 7) is 1.09. The van der Waals surface area contributed by atoms with Crippen molar-refractivity contribution < 1.29 is 19.0 Å². The molecule has 5 heteroatoms. The molecule has 0 N–H and O–H groups in total. The van der Waals surface area contributed by atoms with E-state index >= 15 is 0 Å². The molecule has 1 amide bonds. The number of nitrogens with zero attached hydrogens (tertiary/aromatic N) is 1. The van der Waals surface area contributed by atoms with E-state index in [1.807, 2.05) is 0 Å². The third-order valence-electron chi connectivity index (χ3n) is 6.26. The van der Waals surface area contributed by atoms with Crippen LogP contribution in [0.25, 0.3) is 0 Å². The molecule has 122 valence electrons. The summed E-state index contributed by atoms with van der Waals surface area (Å²) in [4.78, 5) is 14.8. The van der Waals surface area contributed by atoms with E-state index in [-0.39, 0.29) is 18.4 Å². The number of ether oxygens (including phenoxy) is 3. The third-order valence-corrected chi connectivity index (χ3v) is 6.26. The van der Waals surface area contributed by atoms with Crippen molar-refractivity contribution in [3.05, 3.63) is 23.3 Å². The quantitative estimate of drug-likeness (QED) is 0.797. The summed E-state index contributed by atoms with van der Waals surface area (Å²) in [7, 11) is 1.78.